The lowest BCUT2D eigenvalue weighted by molar-refractivity contribution is 0.0992. The average molecular weight is 346 g/mol. The van der Waals surface area contributed by atoms with Crippen molar-refractivity contribution in [2.45, 2.75) is 13.5 Å². The molecule has 0 aliphatic rings. The fourth-order valence-electron chi connectivity index (χ4n) is 2.19. The van der Waals surface area contributed by atoms with Gasteiger partial charge in [-0.15, -0.1) is 0 Å². The largest absolute Gasteiger partial charge is 0.484 e. The predicted molar refractivity (Wildman–Crippen MR) is 90.4 cm³/mol. The van der Waals surface area contributed by atoms with Gasteiger partial charge in [0.2, 0.25) is 0 Å². The number of carbonyl (C=O) groups is 1. The minimum absolute atomic E-state index is 0.183. The summed E-state index contributed by atoms with van der Waals surface area (Å²) in [5.41, 5.74) is 1.38. The molecule has 3 aromatic rings. The number of hydrogen-bond donors (Lipinski definition) is 1. The number of para-hydroxylation sites is 1. The van der Waals surface area contributed by atoms with Crippen LogP contribution in [-0.2, 0) is 13.7 Å². The summed E-state index contributed by atoms with van der Waals surface area (Å²) in [4.78, 5) is 12.2. The van der Waals surface area contributed by atoms with Gasteiger partial charge < -0.3 is 14.5 Å². The summed E-state index contributed by atoms with van der Waals surface area (Å²) in [6.07, 6.45) is 1.73. The number of anilines is 1. The third-order valence-electron chi connectivity index (χ3n) is 3.35. The highest BCUT2D eigenvalue weighted by Crippen LogP contribution is 2.24. The van der Waals surface area contributed by atoms with Crippen LogP contribution in [0.2, 0.25) is 5.02 Å². The van der Waals surface area contributed by atoms with Crippen molar-refractivity contribution in [3.8, 4) is 5.75 Å². The van der Waals surface area contributed by atoms with E-state index in [0.717, 1.165) is 5.69 Å². The van der Waals surface area contributed by atoms with E-state index in [0.29, 0.717) is 22.2 Å². The molecule has 3 rings (SSSR count). The van der Waals surface area contributed by atoms with E-state index in [4.69, 9.17) is 20.8 Å². The van der Waals surface area contributed by atoms with E-state index in [1.165, 1.54) is 0 Å². The number of ether oxygens (including phenoxy) is 1. The Balaban J connectivity index is 1.63. The maximum absolute atomic E-state index is 12.2. The number of rotatable bonds is 5. The highest BCUT2D eigenvalue weighted by molar-refractivity contribution is 6.32. The topological polar surface area (TPSA) is 69.3 Å². The molecule has 0 atom stereocenters. The van der Waals surface area contributed by atoms with Gasteiger partial charge >= 0.3 is 0 Å². The van der Waals surface area contributed by atoms with E-state index >= 15 is 0 Å². The molecule has 0 bridgehead atoms. The third kappa shape index (κ3) is 3.60. The number of benzene rings is 1. The SMILES string of the molecule is Cc1nn(C)cc1NC(=O)c1ccc(COc2ccccc2Cl)o1. The lowest BCUT2D eigenvalue weighted by Gasteiger charge is -2.05. The predicted octanol–water partition coefficient (Wildman–Crippen LogP) is 3.81. The molecule has 1 amide bonds. The molecule has 2 aromatic heterocycles. The van der Waals surface area contributed by atoms with Gasteiger partial charge in [0, 0.05) is 13.2 Å². The average Bonchev–Trinajstić information content (AvgIpc) is 3.13. The molecule has 0 fully saturated rings. The zero-order valence-electron chi connectivity index (χ0n) is 13.2. The molecule has 0 saturated heterocycles. The summed E-state index contributed by atoms with van der Waals surface area (Å²) in [5, 5.41) is 7.46. The molecule has 6 nitrogen and oxygen atoms in total. The minimum Gasteiger partial charge on any atom is -0.484 e. The summed E-state index contributed by atoms with van der Waals surface area (Å²) in [7, 11) is 1.79. The van der Waals surface area contributed by atoms with Gasteiger partial charge in [-0.2, -0.15) is 5.10 Å². The number of nitrogens with one attached hydrogen (secondary N) is 1. The lowest BCUT2D eigenvalue weighted by Crippen LogP contribution is -2.11. The van der Waals surface area contributed by atoms with E-state index in [1.54, 1.807) is 42.2 Å². The normalized spacial score (nSPS) is 10.6. The van der Waals surface area contributed by atoms with Crippen molar-refractivity contribution in [2.24, 2.45) is 7.05 Å². The first-order chi connectivity index (χ1) is 11.5. The van der Waals surface area contributed by atoms with Crippen LogP contribution in [-0.4, -0.2) is 15.7 Å². The third-order valence-corrected chi connectivity index (χ3v) is 3.67. The molecule has 0 saturated carbocycles. The van der Waals surface area contributed by atoms with Crippen molar-refractivity contribution in [2.75, 3.05) is 5.32 Å². The maximum atomic E-state index is 12.2. The van der Waals surface area contributed by atoms with Crippen LogP contribution in [0.5, 0.6) is 5.75 Å². The molecule has 2 heterocycles. The fourth-order valence-corrected chi connectivity index (χ4v) is 2.38. The Bertz CT molecular complexity index is 870. The van der Waals surface area contributed by atoms with Crippen LogP contribution in [0.25, 0.3) is 0 Å². The number of hydrogen-bond acceptors (Lipinski definition) is 4. The Morgan fingerprint density at radius 3 is 2.83 bits per heavy atom. The van der Waals surface area contributed by atoms with Gasteiger partial charge in [-0.3, -0.25) is 9.48 Å². The number of furan rings is 1. The van der Waals surface area contributed by atoms with E-state index in [2.05, 4.69) is 10.4 Å². The molecule has 0 spiro atoms. The van der Waals surface area contributed by atoms with Gasteiger partial charge in [-0.05, 0) is 31.2 Å². The van der Waals surface area contributed by atoms with Crippen LogP contribution in [0, 0.1) is 6.92 Å². The molecule has 0 unspecified atom stereocenters. The van der Waals surface area contributed by atoms with Crippen molar-refractivity contribution >= 4 is 23.2 Å². The summed E-state index contributed by atoms with van der Waals surface area (Å²) in [5.74, 6) is 0.960. The fraction of sp³-hybridized carbons (Fsp3) is 0.176. The van der Waals surface area contributed by atoms with Crippen molar-refractivity contribution in [1.29, 1.82) is 0 Å². The summed E-state index contributed by atoms with van der Waals surface area (Å²) >= 11 is 6.03. The monoisotopic (exact) mass is 345 g/mol. The number of halogens is 1. The summed E-state index contributed by atoms with van der Waals surface area (Å²) in [6, 6.07) is 10.5. The number of amides is 1. The summed E-state index contributed by atoms with van der Waals surface area (Å²) < 4.78 is 12.7. The molecular formula is C17H16ClN3O3. The van der Waals surface area contributed by atoms with Crippen molar-refractivity contribution < 1.29 is 13.9 Å². The van der Waals surface area contributed by atoms with Crippen LogP contribution in [0.1, 0.15) is 22.0 Å². The van der Waals surface area contributed by atoms with E-state index < -0.39 is 0 Å². The standard InChI is InChI=1S/C17H16ClN3O3/c1-11-14(9-21(2)20-11)19-17(22)16-8-7-12(24-16)10-23-15-6-4-3-5-13(15)18/h3-9H,10H2,1-2H3,(H,19,22). The number of aromatic nitrogens is 2. The van der Waals surface area contributed by atoms with Crippen LogP contribution >= 0.6 is 11.6 Å². The van der Waals surface area contributed by atoms with Crippen molar-refractivity contribution in [3.05, 3.63) is 64.8 Å². The van der Waals surface area contributed by atoms with Gasteiger partial charge in [0.05, 0.1) is 16.4 Å². The Morgan fingerprint density at radius 2 is 2.12 bits per heavy atom. The lowest BCUT2D eigenvalue weighted by atomic mass is 10.3. The maximum Gasteiger partial charge on any atom is 0.291 e. The molecule has 0 aliphatic carbocycles. The highest BCUT2D eigenvalue weighted by Gasteiger charge is 2.14. The van der Waals surface area contributed by atoms with Gasteiger partial charge in [-0.1, -0.05) is 23.7 Å². The van der Waals surface area contributed by atoms with Gasteiger partial charge in [0.1, 0.15) is 18.1 Å². The molecule has 0 radical (unpaired) electrons. The minimum atomic E-state index is -0.338. The zero-order chi connectivity index (χ0) is 17.1. The molecule has 1 aromatic carbocycles. The van der Waals surface area contributed by atoms with E-state index in [-0.39, 0.29) is 18.3 Å². The molecule has 1 N–H and O–H groups in total. The Morgan fingerprint density at radius 1 is 1.33 bits per heavy atom. The Kier molecular flexibility index (Phi) is 4.57. The van der Waals surface area contributed by atoms with Gasteiger partial charge in [0.15, 0.2) is 5.76 Å². The second-order valence-electron chi connectivity index (χ2n) is 5.24. The molecular weight excluding hydrogens is 330 g/mol. The van der Waals surface area contributed by atoms with Crippen LogP contribution in [0.3, 0.4) is 0 Å². The number of carbonyl (C=O) groups excluding carboxylic acids is 1. The van der Waals surface area contributed by atoms with E-state index in [1.807, 2.05) is 19.1 Å². The molecule has 124 valence electrons. The van der Waals surface area contributed by atoms with Crippen LogP contribution in [0.15, 0.2) is 47.0 Å². The Hall–Kier alpha value is -2.73. The second-order valence-corrected chi connectivity index (χ2v) is 5.65. The van der Waals surface area contributed by atoms with Crippen molar-refractivity contribution in [3.63, 3.8) is 0 Å². The number of aryl methyl sites for hydroxylation is 2. The van der Waals surface area contributed by atoms with Gasteiger partial charge in [-0.25, -0.2) is 0 Å². The highest BCUT2D eigenvalue weighted by atomic mass is 35.5. The zero-order valence-corrected chi connectivity index (χ0v) is 14.0. The molecule has 0 aliphatic heterocycles. The Labute approximate surface area is 144 Å². The smallest absolute Gasteiger partial charge is 0.291 e. The molecule has 24 heavy (non-hydrogen) atoms. The van der Waals surface area contributed by atoms with E-state index in [9.17, 15) is 4.79 Å². The quantitative estimate of drug-likeness (QED) is 0.763. The second kappa shape index (κ2) is 6.80. The van der Waals surface area contributed by atoms with Gasteiger partial charge in [0.25, 0.3) is 5.91 Å². The van der Waals surface area contributed by atoms with Crippen molar-refractivity contribution in [1.82, 2.24) is 9.78 Å². The van der Waals surface area contributed by atoms with Crippen LogP contribution in [0.4, 0.5) is 5.69 Å². The first kappa shape index (κ1) is 16.1. The number of nitrogens with zero attached hydrogens (tertiary/aromatic N) is 2. The summed E-state index contributed by atoms with van der Waals surface area (Å²) in [6.45, 7) is 2.00. The van der Waals surface area contributed by atoms with Crippen LogP contribution < -0.4 is 10.1 Å². The molecule has 7 heteroatoms. The first-order valence-electron chi connectivity index (χ1n) is 7.30. The first-order valence-corrected chi connectivity index (χ1v) is 7.68.